The zero-order valence-corrected chi connectivity index (χ0v) is 18.8. The number of carbonyl (C=O) groups is 4. The molecule has 0 radical (unpaired) electrons. The molecule has 174 valence electrons. The van der Waals surface area contributed by atoms with Gasteiger partial charge in [0.05, 0.1) is 35.9 Å². The second-order valence-electron chi connectivity index (χ2n) is 8.85. The molecule has 5 rings (SSSR count). The average molecular weight is 460 g/mol. The van der Waals surface area contributed by atoms with Crippen molar-refractivity contribution in [2.24, 2.45) is 23.7 Å². The van der Waals surface area contributed by atoms with Crippen LogP contribution in [0.5, 0.6) is 5.75 Å². The van der Waals surface area contributed by atoms with E-state index in [-0.39, 0.29) is 41.0 Å². The van der Waals surface area contributed by atoms with Crippen LogP contribution >= 0.6 is 0 Å². The molecule has 2 aromatic carbocycles. The molecule has 1 heterocycles. The van der Waals surface area contributed by atoms with Gasteiger partial charge in [-0.25, -0.2) is 4.79 Å². The number of nitrogens with one attached hydrogen (secondary N) is 1. The molecule has 3 amide bonds. The smallest absolute Gasteiger partial charge is 0.338 e. The number of ether oxygens (including phenoxy) is 2. The minimum atomic E-state index is -0.685. The third kappa shape index (κ3) is 3.55. The normalized spacial score (nSPS) is 24.6. The lowest BCUT2D eigenvalue weighted by molar-refractivity contribution is -0.123. The van der Waals surface area contributed by atoms with Gasteiger partial charge in [-0.2, -0.15) is 0 Å². The van der Waals surface area contributed by atoms with E-state index >= 15 is 0 Å². The number of carbonyl (C=O) groups excluding carboxylic acids is 4. The average Bonchev–Trinajstić information content (AvgIpc) is 3.48. The number of fused-ring (bicyclic) bond motifs is 5. The lowest BCUT2D eigenvalue weighted by Gasteiger charge is -2.19. The van der Waals surface area contributed by atoms with Crippen molar-refractivity contribution in [1.29, 1.82) is 0 Å². The Morgan fingerprint density at radius 3 is 2.47 bits per heavy atom. The molecule has 4 atom stereocenters. The molecule has 8 nitrogen and oxygen atoms in total. The molecule has 1 N–H and O–H groups in total. The lowest BCUT2D eigenvalue weighted by Crippen LogP contribution is -2.33. The van der Waals surface area contributed by atoms with Crippen LogP contribution in [-0.2, 0) is 19.1 Å². The number of amides is 3. The highest BCUT2D eigenvalue weighted by Crippen LogP contribution is 2.55. The van der Waals surface area contributed by atoms with Gasteiger partial charge in [0.15, 0.2) is 6.61 Å². The number of allylic oxidation sites excluding steroid dienone is 2. The predicted octanol–water partition coefficient (Wildman–Crippen LogP) is 3.19. The molecule has 0 unspecified atom stereocenters. The fourth-order valence-corrected chi connectivity index (χ4v) is 5.42. The van der Waals surface area contributed by atoms with Gasteiger partial charge in [0.25, 0.3) is 5.91 Å². The Hall–Kier alpha value is -3.94. The Morgan fingerprint density at radius 2 is 1.74 bits per heavy atom. The van der Waals surface area contributed by atoms with Gasteiger partial charge in [-0.1, -0.05) is 23.8 Å². The first-order chi connectivity index (χ1) is 16.4. The van der Waals surface area contributed by atoms with Crippen molar-refractivity contribution in [3.05, 3.63) is 65.7 Å². The van der Waals surface area contributed by atoms with Crippen molar-refractivity contribution in [2.75, 3.05) is 23.9 Å². The van der Waals surface area contributed by atoms with Crippen molar-refractivity contribution in [2.45, 2.75) is 13.3 Å². The van der Waals surface area contributed by atoms with E-state index in [4.69, 9.17) is 9.47 Å². The molecule has 2 aromatic rings. The second-order valence-corrected chi connectivity index (χ2v) is 8.85. The maximum Gasteiger partial charge on any atom is 0.338 e. The predicted molar refractivity (Wildman–Crippen MR) is 123 cm³/mol. The SMILES string of the molecule is COc1ccccc1NC(=O)COC(=O)c1ccc(N2C(=O)[C@@H]3[C@H](C2=O)[C@@H]2C[C@@H]3C=C2C)cc1. The van der Waals surface area contributed by atoms with E-state index in [1.807, 2.05) is 6.92 Å². The molecule has 8 heteroatoms. The van der Waals surface area contributed by atoms with Gasteiger partial charge in [0.1, 0.15) is 5.75 Å². The van der Waals surface area contributed by atoms with Crippen LogP contribution in [0.3, 0.4) is 0 Å². The lowest BCUT2D eigenvalue weighted by atomic mass is 9.82. The van der Waals surface area contributed by atoms with Crippen molar-refractivity contribution in [1.82, 2.24) is 0 Å². The number of methoxy groups -OCH3 is 1. The van der Waals surface area contributed by atoms with E-state index in [1.54, 1.807) is 36.4 Å². The van der Waals surface area contributed by atoms with Crippen LogP contribution in [0.2, 0.25) is 0 Å². The van der Waals surface area contributed by atoms with Crippen LogP contribution in [0.1, 0.15) is 23.7 Å². The molecule has 1 aliphatic heterocycles. The summed E-state index contributed by atoms with van der Waals surface area (Å²) in [7, 11) is 1.49. The largest absolute Gasteiger partial charge is 0.495 e. The molecule has 1 saturated heterocycles. The molecule has 2 aliphatic carbocycles. The summed E-state index contributed by atoms with van der Waals surface area (Å²) in [5, 5.41) is 2.63. The Morgan fingerprint density at radius 1 is 1.03 bits per heavy atom. The highest BCUT2D eigenvalue weighted by atomic mass is 16.5. The quantitative estimate of drug-likeness (QED) is 0.404. The van der Waals surface area contributed by atoms with Crippen LogP contribution in [0.4, 0.5) is 11.4 Å². The molecular formula is C26H24N2O6. The van der Waals surface area contributed by atoms with Gasteiger partial charge in [0, 0.05) is 0 Å². The maximum atomic E-state index is 13.1. The number of anilines is 2. The fraction of sp³-hybridized carbons (Fsp3) is 0.308. The monoisotopic (exact) mass is 460 g/mol. The third-order valence-electron chi connectivity index (χ3n) is 6.96. The van der Waals surface area contributed by atoms with E-state index in [9.17, 15) is 19.2 Å². The molecule has 0 aromatic heterocycles. The summed E-state index contributed by atoms with van der Waals surface area (Å²) in [6.45, 7) is 1.55. The Bertz CT molecular complexity index is 1220. The summed E-state index contributed by atoms with van der Waals surface area (Å²) in [6, 6.07) is 13.0. The Labute approximate surface area is 196 Å². The van der Waals surface area contributed by atoms with Gasteiger partial charge in [-0.3, -0.25) is 19.3 Å². The first-order valence-corrected chi connectivity index (χ1v) is 11.1. The van der Waals surface area contributed by atoms with E-state index in [0.29, 0.717) is 17.1 Å². The van der Waals surface area contributed by atoms with Crippen molar-refractivity contribution in [3.63, 3.8) is 0 Å². The Balaban J connectivity index is 1.21. The first-order valence-electron chi connectivity index (χ1n) is 11.1. The molecule has 2 bridgehead atoms. The van der Waals surface area contributed by atoms with Crippen LogP contribution in [0.15, 0.2) is 60.2 Å². The van der Waals surface area contributed by atoms with Gasteiger partial charge in [-0.05, 0) is 61.6 Å². The summed E-state index contributed by atoms with van der Waals surface area (Å²) >= 11 is 0. The zero-order valence-electron chi connectivity index (χ0n) is 18.8. The summed E-state index contributed by atoms with van der Waals surface area (Å²) < 4.78 is 10.3. The number of rotatable bonds is 6. The highest BCUT2D eigenvalue weighted by Gasteiger charge is 2.60. The number of imide groups is 1. The van der Waals surface area contributed by atoms with E-state index < -0.39 is 18.5 Å². The fourth-order valence-electron chi connectivity index (χ4n) is 5.42. The Kier molecular flexibility index (Phi) is 5.43. The molecule has 1 saturated carbocycles. The standard InChI is InChI=1S/C26H24N2O6/c1-14-11-16-12-18(14)23-22(16)24(30)28(25(23)31)17-9-7-15(8-10-17)26(32)34-13-21(29)27-19-5-3-4-6-20(19)33-2/h3-11,16,18,22-23H,12-13H2,1-2H3,(H,27,29)/t16-,18+,22-,23+/m0/s1. The minimum absolute atomic E-state index is 0.132. The third-order valence-corrected chi connectivity index (χ3v) is 6.96. The van der Waals surface area contributed by atoms with Crippen LogP contribution in [0, 0.1) is 23.7 Å². The van der Waals surface area contributed by atoms with Crippen LogP contribution < -0.4 is 15.0 Å². The topological polar surface area (TPSA) is 102 Å². The van der Waals surface area contributed by atoms with Gasteiger partial charge in [-0.15, -0.1) is 0 Å². The van der Waals surface area contributed by atoms with Crippen molar-refractivity contribution in [3.8, 4) is 5.75 Å². The van der Waals surface area contributed by atoms with E-state index in [0.717, 1.165) is 6.42 Å². The molecule has 0 spiro atoms. The second kappa shape index (κ2) is 8.44. The summed E-state index contributed by atoms with van der Waals surface area (Å²) in [5.41, 5.74) is 2.32. The van der Waals surface area contributed by atoms with Crippen molar-refractivity contribution >= 4 is 35.1 Å². The summed E-state index contributed by atoms with van der Waals surface area (Å²) in [5.74, 6) is -1.33. The summed E-state index contributed by atoms with van der Waals surface area (Å²) in [6.07, 6.45) is 3.01. The number of esters is 1. The van der Waals surface area contributed by atoms with Crippen molar-refractivity contribution < 1.29 is 28.7 Å². The number of hydrogen-bond acceptors (Lipinski definition) is 6. The number of hydrogen-bond donors (Lipinski definition) is 1. The van der Waals surface area contributed by atoms with Gasteiger partial charge >= 0.3 is 5.97 Å². The molecule has 2 fully saturated rings. The van der Waals surface area contributed by atoms with E-state index in [2.05, 4.69) is 11.4 Å². The van der Waals surface area contributed by atoms with Crippen LogP contribution in [-0.4, -0.2) is 37.4 Å². The first kappa shape index (κ1) is 21.9. The van der Waals surface area contributed by atoms with Crippen LogP contribution in [0.25, 0.3) is 0 Å². The maximum absolute atomic E-state index is 13.1. The molecule has 3 aliphatic rings. The number of benzene rings is 2. The van der Waals surface area contributed by atoms with Gasteiger partial charge < -0.3 is 14.8 Å². The van der Waals surface area contributed by atoms with Gasteiger partial charge in [0.2, 0.25) is 11.8 Å². The summed E-state index contributed by atoms with van der Waals surface area (Å²) in [4.78, 5) is 51.9. The number of nitrogens with zero attached hydrogens (tertiary/aromatic N) is 1. The molecular weight excluding hydrogens is 436 g/mol. The molecule has 34 heavy (non-hydrogen) atoms. The minimum Gasteiger partial charge on any atom is -0.495 e. The number of para-hydroxylation sites is 2. The highest BCUT2D eigenvalue weighted by molar-refractivity contribution is 6.23. The van der Waals surface area contributed by atoms with E-state index in [1.165, 1.54) is 29.7 Å². The zero-order chi connectivity index (χ0) is 24.0.